The van der Waals surface area contributed by atoms with Crippen LogP contribution < -0.4 is 15.5 Å². The maximum absolute atomic E-state index is 12.6. The van der Waals surface area contributed by atoms with Crippen LogP contribution in [0.5, 0.6) is 0 Å². The zero-order valence-corrected chi connectivity index (χ0v) is 16.8. The van der Waals surface area contributed by atoms with Crippen molar-refractivity contribution in [3.8, 4) is 0 Å². The molecular formula is C20H20BrN3O4. The fourth-order valence-corrected chi connectivity index (χ4v) is 3.51. The predicted octanol–water partition coefficient (Wildman–Crippen LogP) is 1.82. The Morgan fingerprint density at radius 1 is 1.18 bits per heavy atom. The molecule has 0 saturated carbocycles. The van der Waals surface area contributed by atoms with E-state index in [1.165, 1.54) is 0 Å². The number of rotatable bonds is 5. The topological polar surface area (TPSA) is 98.7 Å². The maximum Gasteiger partial charge on any atom is 0.310 e. The van der Waals surface area contributed by atoms with Crippen molar-refractivity contribution in [1.82, 2.24) is 10.6 Å². The summed E-state index contributed by atoms with van der Waals surface area (Å²) in [6.45, 7) is 2.18. The third-order valence-electron chi connectivity index (χ3n) is 4.54. The minimum absolute atomic E-state index is 0.113. The van der Waals surface area contributed by atoms with Crippen molar-refractivity contribution >= 4 is 39.3 Å². The molecule has 28 heavy (non-hydrogen) atoms. The molecule has 1 heterocycles. The Hall–Kier alpha value is -2.71. The Bertz CT molecular complexity index is 904. The summed E-state index contributed by atoms with van der Waals surface area (Å²) in [6, 6.07) is 13.2. The number of nitrogens with one attached hydrogen (secondary N) is 2. The summed E-state index contributed by atoms with van der Waals surface area (Å²) in [5.74, 6) is -2.13. The number of amides is 3. The summed E-state index contributed by atoms with van der Waals surface area (Å²) in [4.78, 5) is 38.6. The van der Waals surface area contributed by atoms with Crippen LogP contribution in [0.15, 0.2) is 53.0 Å². The highest BCUT2D eigenvalue weighted by Gasteiger charge is 2.38. The molecule has 0 aromatic heterocycles. The number of carbonyl (C=O) groups is 3. The highest BCUT2D eigenvalue weighted by molar-refractivity contribution is 9.10. The molecule has 1 aliphatic heterocycles. The van der Waals surface area contributed by atoms with Crippen molar-refractivity contribution in [3.05, 3.63) is 64.1 Å². The summed E-state index contributed by atoms with van der Waals surface area (Å²) in [5, 5.41) is 15.0. The lowest BCUT2D eigenvalue weighted by Crippen LogP contribution is -2.45. The van der Waals surface area contributed by atoms with Gasteiger partial charge in [0.25, 0.3) is 5.91 Å². The van der Waals surface area contributed by atoms with E-state index >= 15 is 0 Å². The summed E-state index contributed by atoms with van der Waals surface area (Å²) >= 11 is 3.36. The summed E-state index contributed by atoms with van der Waals surface area (Å²) in [7, 11) is 0. The molecule has 7 nitrogen and oxygen atoms in total. The van der Waals surface area contributed by atoms with Crippen LogP contribution in [0.2, 0.25) is 0 Å². The van der Waals surface area contributed by atoms with Crippen LogP contribution >= 0.6 is 15.9 Å². The summed E-state index contributed by atoms with van der Waals surface area (Å²) in [5.41, 5.74) is 1.97. The van der Waals surface area contributed by atoms with Gasteiger partial charge in [-0.3, -0.25) is 14.4 Å². The Balaban J connectivity index is 1.65. The number of aliphatic hydroxyl groups is 1. The summed E-state index contributed by atoms with van der Waals surface area (Å²) < 4.78 is 0.770. The van der Waals surface area contributed by atoms with Gasteiger partial charge in [0, 0.05) is 28.8 Å². The van der Waals surface area contributed by atoms with Crippen LogP contribution in [0, 0.1) is 0 Å². The van der Waals surface area contributed by atoms with Crippen LogP contribution in [-0.2, 0) is 14.4 Å². The highest BCUT2D eigenvalue weighted by atomic mass is 79.9. The van der Waals surface area contributed by atoms with Crippen LogP contribution in [-0.4, -0.2) is 35.9 Å². The molecule has 0 aliphatic carbocycles. The van der Waals surface area contributed by atoms with E-state index in [4.69, 9.17) is 0 Å². The molecular weight excluding hydrogens is 426 g/mol. The predicted molar refractivity (Wildman–Crippen MR) is 107 cm³/mol. The van der Waals surface area contributed by atoms with E-state index in [9.17, 15) is 19.5 Å². The normalized spacial score (nSPS) is 16.5. The van der Waals surface area contributed by atoms with Crippen molar-refractivity contribution in [2.24, 2.45) is 0 Å². The first-order valence-corrected chi connectivity index (χ1v) is 9.64. The zero-order chi connectivity index (χ0) is 20.3. The molecule has 1 aliphatic rings. The minimum Gasteiger partial charge on any atom is -0.387 e. The molecule has 2 unspecified atom stereocenters. The van der Waals surface area contributed by atoms with E-state index in [1.807, 2.05) is 19.1 Å². The van der Waals surface area contributed by atoms with Crippen LogP contribution in [0.3, 0.4) is 0 Å². The van der Waals surface area contributed by atoms with E-state index in [0.717, 1.165) is 4.47 Å². The number of likely N-dealkylation sites (N-methyl/N-ethyl adjacent to an activating group) is 1. The first-order valence-electron chi connectivity index (χ1n) is 8.85. The fraction of sp³-hybridized carbons (Fsp3) is 0.250. The summed E-state index contributed by atoms with van der Waals surface area (Å²) in [6.07, 6.45) is -0.932. The van der Waals surface area contributed by atoms with Crippen LogP contribution in [0.1, 0.15) is 30.2 Å². The molecule has 3 rings (SSSR count). The highest BCUT2D eigenvalue weighted by Crippen LogP contribution is 2.37. The maximum atomic E-state index is 12.6. The number of nitrogens with zero attached hydrogens (tertiary/aromatic N) is 1. The quantitative estimate of drug-likeness (QED) is 0.611. The molecule has 146 valence electrons. The Labute approximate surface area is 170 Å². The molecule has 2 aromatic carbocycles. The van der Waals surface area contributed by atoms with E-state index in [0.29, 0.717) is 23.4 Å². The molecule has 3 amide bonds. The van der Waals surface area contributed by atoms with Crippen molar-refractivity contribution in [3.63, 3.8) is 0 Å². The number of anilines is 1. The second-order valence-corrected chi connectivity index (χ2v) is 7.24. The molecule has 3 N–H and O–H groups in total. The molecule has 8 heteroatoms. The van der Waals surface area contributed by atoms with Crippen molar-refractivity contribution in [2.75, 3.05) is 18.0 Å². The van der Waals surface area contributed by atoms with Gasteiger partial charge in [-0.05, 0) is 30.7 Å². The minimum atomic E-state index is -0.932. The number of hydrogen-bond acceptors (Lipinski definition) is 4. The van der Waals surface area contributed by atoms with Crippen molar-refractivity contribution in [1.29, 1.82) is 0 Å². The number of benzene rings is 2. The first kappa shape index (κ1) is 20.0. The van der Waals surface area contributed by atoms with Gasteiger partial charge in [0.2, 0.25) is 0 Å². The van der Waals surface area contributed by atoms with Crippen molar-refractivity contribution in [2.45, 2.75) is 19.1 Å². The molecule has 0 fully saturated rings. The lowest BCUT2D eigenvalue weighted by molar-refractivity contribution is -0.140. The van der Waals surface area contributed by atoms with E-state index in [1.54, 1.807) is 41.3 Å². The molecule has 2 aromatic rings. The fourth-order valence-electron chi connectivity index (χ4n) is 3.13. The lowest BCUT2D eigenvalue weighted by Gasteiger charge is -2.16. The van der Waals surface area contributed by atoms with Gasteiger partial charge in [-0.15, -0.1) is 0 Å². The third-order valence-corrected chi connectivity index (χ3v) is 5.04. The Morgan fingerprint density at radius 2 is 1.89 bits per heavy atom. The largest absolute Gasteiger partial charge is 0.387 e. The second kappa shape index (κ2) is 8.53. The molecule has 0 spiro atoms. The number of fused-ring (bicyclic) bond motifs is 1. The van der Waals surface area contributed by atoms with Gasteiger partial charge in [-0.2, -0.15) is 0 Å². The number of hydrogen-bond donors (Lipinski definition) is 3. The van der Waals surface area contributed by atoms with Gasteiger partial charge >= 0.3 is 11.8 Å². The molecule has 2 atom stereocenters. The Morgan fingerprint density at radius 3 is 2.57 bits per heavy atom. The van der Waals surface area contributed by atoms with Gasteiger partial charge < -0.3 is 20.6 Å². The Kier molecular flexibility index (Phi) is 6.11. The van der Waals surface area contributed by atoms with E-state index in [-0.39, 0.29) is 12.5 Å². The third kappa shape index (κ3) is 4.07. The van der Waals surface area contributed by atoms with Gasteiger partial charge in [0.1, 0.15) is 6.04 Å². The first-order chi connectivity index (χ1) is 13.4. The average Bonchev–Trinajstić information content (AvgIpc) is 2.96. The van der Waals surface area contributed by atoms with Crippen LogP contribution in [0.25, 0.3) is 0 Å². The van der Waals surface area contributed by atoms with Crippen molar-refractivity contribution < 1.29 is 19.5 Å². The molecule has 0 radical (unpaired) electrons. The second-order valence-electron chi connectivity index (χ2n) is 6.33. The van der Waals surface area contributed by atoms with E-state index < -0.39 is 24.0 Å². The van der Waals surface area contributed by atoms with E-state index in [2.05, 4.69) is 26.6 Å². The SMILES string of the molecule is CCN1C(=O)C(NC(=O)C(=O)NCC(O)c2ccccc2)c2cc(Br)ccc21. The molecule has 0 saturated heterocycles. The number of carbonyl (C=O) groups excluding carboxylic acids is 3. The smallest absolute Gasteiger partial charge is 0.310 e. The standard InChI is InChI=1S/C20H20BrN3O4/c1-2-24-15-9-8-13(21)10-14(15)17(20(24)28)23-19(27)18(26)22-11-16(25)12-6-4-3-5-7-12/h3-10,16-17,25H,2,11H2,1H3,(H,22,26)(H,23,27). The zero-order valence-electron chi connectivity index (χ0n) is 15.2. The van der Waals surface area contributed by atoms with Gasteiger partial charge in [-0.1, -0.05) is 46.3 Å². The number of aliphatic hydroxyl groups excluding tert-OH is 1. The molecule has 0 bridgehead atoms. The van der Waals surface area contributed by atoms with Gasteiger partial charge in [0.05, 0.1) is 6.10 Å². The van der Waals surface area contributed by atoms with Gasteiger partial charge in [-0.25, -0.2) is 0 Å². The number of halogens is 1. The average molecular weight is 446 g/mol. The van der Waals surface area contributed by atoms with Crippen LogP contribution in [0.4, 0.5) is 5.69 Å². The van der Waals surface area contributed by atoms with Gasteiger partial charge in [0.15, 0.2) is 0 Å². The monoisotopic (exact) mass is 445 g/mol. The lowest BCUT2D eigenvalue weighted by atomic mass is 10.1.